The highest BCUT2D eigenvalue weighted by atomic mass is 15.4. The summed E-state index contributed by atoms with van der Waals surface area (Å²) in [5, 5.41) is 7.02. The first kappa shape index (κ1) is 14.2. The quantitative estimate of drug-likeness (QED) is 0.442. The van der Waals surface area contributed by atoms with E-state index in [0.29, 0.717) is 12.1 Å². The molecule has 0 aromatic carbocycles. The van der Waals surface area contributed by atoms with E-state index in [1.807, 2.05) is 28.2 Å². The normalized spacial score (nSPS) is 20.3. The van der Waals surface area contributed by atoms with Crippen LogP contribution in [0.3, 0.4) is 0 Å². The molecule has 2 N–H and O–H groups in total. The van der Waals surface area contributed by atoms with E-state index >= 15 is 0 Å². The maximum atomic E-state index is 4.83. The number of rotatable bonds is 2. The van der Waals surface area contributed by atoms with Crippen LogP contribution in [0.2, 0.25) is 0 Å². The van der Waals surface area contributed by atoms with E-state index in [1.165, 1.54) is 38.5 Å². The van der Waals surface area contributed by atoms with Gasteiger partial charge in [0.1, 0.15) is 0 Å². The third-order valence-corrected chi connectivity index (χ3v) is 3.91. The van der Waals surface area contributed by atoms with E-state index in [0.717, 1.165) is 11.9 Å². The van der Waals surface area contributed by atoms with Gasteiger partial charge in [-0.25, -0.2) is 10.3 Å². The molecule has 0 amide bonds. The Morgan fingerprint density at radius 1 is 1.11 bits per heavy atom. The molecule has 2 aliphatic rings. The van der Waals surface area contributed by atoms with Gasteiger partial charge < -0.3 is 5.32 Å². The van der Waals surface area contributed by atoms with Crippen molar-refractivity contribution in [2.45, 2.75) is 50.6 Å². The van der Waals surface area contributed by atoms with Crippen molar-refractivity contribution in [1.29, 1.82) is 0 Å². The first-order chi connectivity index (χ1) is 9.06. The second-order valence-electron chi connectivity index (χ2n) is 6.07. The van der Waals surface area contributed by atoms with Gasteiger partial charge in [-0.3, -0.25) is 9.48 Å². The van der Waals surface area contributed by atoms with Gasteiger partial charge in [0.2, 0.25) is 0 Å². The molecule has 2 aliphatic carbocycles. The molecular formula is C14H28N5+. The van der Waals surface area contributed by atoms with Crippen LogP contribution in [0.15, 0.2) is 4.99 Å². The van der Waals surface area contributed by atoms with Crippen LogP contribution in [0.25, 0.3) is 0 Å². The third kappa shape index (κ3) is 3.85. The topological polar surface area (TPSA) is 42.7 Å². The number of nitrogens with zero attached hydrogens (tertiary/aromatic N) is 3. The predicted molar refractivity (Wildman–Crippen MR) is 79.8 cm³/mol. The molecule has 2 rings (SSSR count). The van der Waals surface area contributed by atoms with E-state index in [4.69, 9.17) is 4.99 Å². The predicted octanol–water partition coefficient (Wildman–Crippen LogP) is 0.816. The second-order valence-corrected chi connectivity index (χ2v) is 6.07. The largest absolute Gasteiger partial charge is 0.354 e. The lowest BCUT2D eigenvalue weighted by molar-refractivity contribution is -0.471. The van der Waals surface area contributed by atoms with Crippen molar-refractivity contribution in [1.82, 2.24) is 15.5 Å². The molecule has 0 aromatic rings. The van der Waals surface area contributed by atoms with Crippen molar-refractivity contribution in [3.05, 3.63) is 0 Å². The highest BCUT2D eigenvalue weighted by molar-refractivity contribution is 5.96. The van der Waals surface area contributed by atoms with E-state index in [1.54, 1.807) is 0 Å². The Bertz CT molecular complexity index is 360. The van der Waals surface area contributed by atoms with Crippen molar-refractivity contribution < 1.29 is 4.58 Å². The lowest BCUT2D eigenvalue weighted by atomic mass is 9.93. The molecule has 5 heteroatoms. The van der Waals surface area contributed by atoms with E-state index in [9.17, 15) is 0 Å². The zero-order chi connectivity index (χ0) is 13.8. The fourth-order valence-electron chi connectivity index (χ4n) is 2.28. The summed E-state index contributed by atoms with van der Waals surface area (Å²) in [6, 6.07) is 1.12. The summed E-state index contributed by atoms with van der Waals surface area (Å²) in [6.07, 6.45) is 7.66. The summed E-state index contributed by atoms with van der Waals surface area (Å²) >= 11 is 0. The Kier molecular flexibility index (Phi) is 4.66. The first-order valence-electron chi connectivity index (χ1n) is 7.39. The minimum absolute atomic E-state index is 0.514. The van der Waals surface area contributed by atoms with Crippen LogP contribution in [-0.2, 0) is 0 Å². The summed E-state index contributed by atoms with van der Waals surface area (Å²) in [5.74, 6) is 2.01. The average molecular weight is 266 g/mol. The summed E-state index contributed by atoms with van der Waals surface area (Å²) < 4.78 is 2.08. The van der Waals surface area contributed by atoms with E-state index in [-0.39, 0.29) is 0 Å². The molecule has 0 aromatic heterocycles. The average Bonchev–Trinajstić information content (AvgIpc) is 2.21. The standard InChI is InChI=1S/C14H27N5/c1-18(2)14(19(3)4)17-13(15-11-7-5-8-11)16-12-9-6-10-12/h11-12H,5-10H2,1-4H3,(H,15,16)/p+1. The van der Waals surface area contributed by atoms with Gasteiger partial charge >= 0.3 is 5.96 Å². The van der Waals surface area contributed by atoms with Gasteiger partial charge in [0.05, 0.1) is 34.2 Å². The first-order valence-corrected chi connectivity index (χ1v) is 7.39. The zero-order valence-electron chi connectivity index (χ0n) is 12.7. The van der Waals surface area contributed by atoms with Gasteiger partial charge in [-0.2, -0.15) is 0 Å². The van der Waals surface area contributed by atoms with Gasteiger partial charge in [0.25, 0.3) is 5.96 Å². The van der Waals surface area contributed by atoms with Crippen molar-refractivity contribution in [2.24, 2.45) is 4.99 Å². The molecular weight excluding hydrogens is 238 g/mol. The maximum Gasteiger partial charge on any atom is 0.354 e. The van der Waals surface area contributed by atoms with Crippen LogP contribution >= 0.6 is 0 Å². The second kappa shape index (κ2) is 6.26. The van der Waals surface area contributed by atoms with Crippen LogP contribution in [-0.4, -0.2) is 61.7 Å². The Balaban J connectivity index is 2.03. The molecule has 0 spiro atoms. The number of hydrogen-bond acceptors (Lipinski definition) is 1. The van der Waals surface area contributed by atoms with Crippen LogP contribution in [0.4, 0.5) is 0 Å². The monoisotopic (exact) mass is 266 g/mol. The molecule has 19 heavy (non-hydrogen) atoms. The van der Waals surface area contributed by atoms with Gasteiger partial charge in [-0.1, -0.05) is 0 Å². The highest BCUT2D eigenvalue weighted by Crippen LogP contribution is 2.22. The number of aliphatic imine (C=N–C) groups is 1. The lowest BCUT2D eigenvalue weighted by Crippen LogP contribution is -2.53. The molecule has 2 saturated carbocycles. The van der Waals surface area contributed by atoms with Crippen molar-refractivity contribution in [3.8, 4) is 0 Å². The van der Waals surface area contributed by atoms with E-state index < -0.39 is 0 Å². The Morgan fingerprint density at radius 2 is 1.74 bits per heavy atom. The van der Waals surface area contributed by atoms with E-state index in [2.05, 4.69) is 20.1 Å². The van der Waals surface area contributed by atoms with Gasteiger partial charge in [-0.15, -0.1) is 0 Å². The highest BCUT2D eigenvalue weighted by Gasteiger charge is 2.25. The number of hydrogen-bond donors (Lipinski definition) is 2. The summed E-state index contributed by atoms with van der Waals surface area (Å²) in [7, 11) is 8.19. The minimum atomic E-state index is 0.514. The molecule has 0 heterocycles. The maximum absolute atomic E-state index is 4.83. The number of guanidine groups is 2. The SMILES string of the molecule is CN(C)C(NC(=NC1CCC1)NC1CCC1)=[N+](C)C. The molecule has 2 fully saturated rings. The van der Waals surface area contributed by atoms with Crippen molar-refractivity contribution in [3.63, 3.8) is 0 Å². The molecule has 0 saturated heterocycles. The summed E-state index contributed by atoms with van der Waals surface area (Å²) in [4.78, 5) is 6.91. The number of nitrogens with one attached hydrogen (secondary N) is 2. The van der Waals surface area contributed by atoms with Gasteiger partial charge in [-0.05, 0) is 38.5 Å². The van der Waals surface area contributed by atoms with Gasteiger partial charge in [0.15, 0.2) is 0 Å². The smallest absolute Gasteiger partial charge is 0.340 e. The van der Waals surface area contributed by atoms with Crippen LogP contribution in [0, 0.1) is 0 Å². The zero-order valence-corrected chi connectivity index (χ0v) is 12.7. The van der Waals surface area contributed by atoms with Crippen molar-refractivity contribution in [2.75, 3.05) is 28.2 Å². The van der Waals surface area contributed by atoms with Crippen LogP contribution < -0.4 is 10.6 Å². The summed E-state index contributed by atoms with van der Waals surface area (Å²) in [6.45, 7) is 0. The molecule has 108 valence electrons. The third-order valence-electron chi connectivity index (χ3n) is 3.91. The van der Waals surface area contributed by atoms with Crippen LogP contribution in [0.1, 0.15) is 38.5 Å². The molecule has 5 nitrogen and oxygen atoms in total. The Hall–Kier alpha value is -1.26. The molecule has 0 radical (unpaired) electrons. The lowest BCUT2D eigenvalue weighted by Gasteiger charge is -2.29. The Morgan fingerprint density at radius 3 is 2.11 bits per heavy atom. The fraction of sp³-hybridized carbons (Fsp3) is 0.857. The van der Waals surface area contributed by atoms with Crippen molar-refractivity contribution >= 4 is 11.9 Å². The Labute approximate surface area is 116 Å². The molecule has 0 atom stereocenters. The molecule has 0 bridgehead atoms. The summed E-state index contributed by atoms with van der Waals surface area (Å²) in [5.41, 5.74) is 0. The molecule has 0 aliphatic heterocycles. The molecule has 0 unspecified atom stereocenters. The fourth-order valence-corrected chi connectivity index (χ4v) is 2.28. The minimum Gasteiger partial charge on any atom is -0.340 e. The van der Waals surface area contributed by atoms with Crippen LogP contribution in [0.5, 0.6) is 0 Å². The van der Waals surface area contributed by atoms with Gasteiger partial charge in [0, 0.05) is 6.04 Å².